The van der Waals surface area contributed by atoms with Gasteiger partial charge in [0.1, 0.15) is 48.8 Å². The highest BCUT2D eigenvalue weighted by atomic mass is 16.7. The van der Waals surface area contributed by atoms with Crippen molar-refractivity contribution in [2.24, 2.45) is 39.4 Å². The minimum Gasteiger partial charge on any atom is -0.394 e. The van der Waals surface area contributed by atoms with Crippen LogP contribution in [0.2, 0.25) is 0 Å². The fraction of sp³-hybridized carbons (Fsp3) is 0.952. The molecule has 55 heavy (non-hydrogen) atoms. The molecule has 2 saturated carbocycles. The highest BCUT2D eigenvalue weighted by Gasteiger charge is 2.64. The molecule has 2 saturated heterocycles. The molecule has 0 radical (unpaired) electrons. The average Bonchev–Trinajstić information content (AvgIpc) is 3.42. The Morgan fingerprint density at radius 2 is 1.31 bits per heavy atom. The van der Waals surface area contributed by atoms with Crippen LogP contribution in [0, 0.1) is 39.4 Å². The molecule has 12 unspecified atom stereocenters. The first-order chi connectivity index (χ1) is 25.6. The number of hydrogen-bond acceptors (Lipinski definition) is 13. The Hall–Kier alpha value is -0.780. The highest BCUT2D eigenvalue weighted by Crippen LogP contribution is 2.72. The predicted molar refractivity (Wildman–Crippen MR) is 201 cm³/mol. The van der Waals surface area contributed by atoms with E-state index in [9.17, 15) is 46.0 Å². The van der Waals surface area contributed by atoms with Crippen molar-refractivity contribution in [2.45, 2.75) is 199 Å². The van der Waals surface area contributed by atoms with Crippen molar-refractivity contribution in [2.75, 3.05) is 13.2 Å². The Kier molecular flexibility index (Phi) is 12.5. The smallest absolute Gasteiger partial charge is 0.187 e. The summed E-state index contributed by atoms with van der Waals surface area (Å²) < 4.78 is 23.9. The summed E-state index contributed by atoms with van der Waals surface area (Å²) >= 11 is 0. The molecular formula is C42H72O13. The molecule has 0 aromatic rings. The highest BCUT2D eigenvalue weighted by molar-refractivity contribution is 5.39. The van der Waals surface area contributed by atoms with Crippen LogP contribution in [0.4, 0.5) is 0 Å². The summed E-state index contributed by atoms with van der Waals surface area (Å²) in [5, 5.41) is 93.4. The lowest BCUT2D eigenvalue weighted by Gasteiger charge is -2.63. The third-order valence-corrected chi connectivity index (χ3v) is 16.5. The number of ether oxygens (including phenoxy) is 4. The minimum atomic E-state index is -1.51. The summed E-state index contributed by atoms with van der Waals surface area (Å²) in [7, 11) is 0. The molecule has 13 nitrogen and oxygen atoms in total. The van der Waals surface area contributed by atoms with Crippen molar-refractivity contribution in [1.82, 2.24) is 0 Å². The second-order valence-corrected chi connectivity index (χ2v) is 20.1. The van der Waals surface area contributed by atoms with E-state index in [0.717, 1.165) is 51.4 Å². The van der Waals surface area contributed by atoms with Gasteiger partial charge < -0.3 is 64.9 Å². The van der Waals surface area contributed by atoms with E-state index in [1.54, 1.807) is 11.1 Å². The van der Waals surface area contributed by atoms with Crippen molar-refractivity contribution in [3.05, 3.63) is 11.1 Å². The van der Waals surface area contributed by atoms with Gasteiger partial charge >= 0.3 is 0 Å². The van der Waals surface area contributed by atoms with E-state index in [0.29, 0.717) is 24.7 Å². The van der Waals surface area contributed by atoms with Crippen LogP contribution in [0.1, 0.15) is 120 Å². The van der Waals surface area contributed by atoms with Crippen LogP contribution >= 0.6 is 0 Å². The molecule has 4 fully saturated rings. The molecule has 0 aromatic carbocycles. The Morgan fingerprint density at radius 1 is 0.727 bits per heavy atom. The Morgan fingerprint density at radius 3 is 1.91 bits per heavy atom. The van der Waals surface area contributed by atoms with Gasteiger partial charge in [-0.1, -0.05) is 52.7 Å². The molecule has 0 aromatic heterocycles. The molecule has 18 atom stereocenters. The van der Waals surface area contributed by atoms with Crippen LogP contribution in [0.25, 0.3) is 0 Å². The van der Waals surface area contributed by atoms with Crippen LogP contribution < -0.4 is 0 Å². The van der Waals surface area contributed by atoms with Crippen molar-refractivity contribution in [3.63, 3.8) is 0 Å². The lowest BCUT2D eigenvalue weighted by molar-refractivity contribution is -0.325. The van der Waals surface area contributed by atoms with Crippen LogP contribution in [-0.2, 0) is 18.9 Å². The average molecular weight is 785 g/mol. The zero-order valence-corrected chi connectivity index (χ0v) is 34.3. The Labute approximate surface area is 327 Å². The third-order valence-electron chi connectivity index (χ3n) is 16.5. The molecule has 6 aliphatic rings. The molecule has 0 bridgehead atoms. The maximum Gasteiger partial charge on any atom is 0.187 e. The fourth-order valence-corrected chi connectivity index (χ4v) is 12.7. The number of aliphatic hydroxyl groups excluding tert-OH is 9. The van der Waals surface area contributed by atoms with Crippen molar-refractivity contribution in [1.29, 1.82) is 0 Å². The molecule has 6 rings (SSSR count). The van der Waals surface area contributed by atoms with E-state index in [4.69, 9.17) is 18.9 Å². The van der Waals surface area contributed by atoms with Gasteiger partial charge in [0.05, 0.1) is 31.0 Å². The van der Waals surface area contributed by atoms with Crippen LogP contribution in [-0.4, -0.2) is 138 Å². The first kappa shape index (κ1) is 43.8. The molecule has 9 N–H and O–H groups in total. The van der Waals surface area contributed by atoms with E-state index < -0.39 is 86.3 Å². The Bertz CT molecular complexity index is 1380. The predicted octanol–water partition coefficient (Wildman–Crippen LogP) is 2.29. The summed E-state index contributed by atoms with van der Waals surface area (Å²) in [4.78, 5) is 0. The maximum absolute atomic E-state index is 11.7. The minimum absolute atomic E-state index is 0.00647. The van der Waals surface area contributed by atoms with E-state index in [1.807, 2.05) is 13.8 Å². The monoisotopic (exact) mass is 784 g/mol. The van der Waals surface area contributed by atoms with Gasteiger partial charge in [-0.2, -0.15) is 0 Å². The van der Waals surface area contributed by atoms with Gasteiger partial charge in [0, 0.05) is 0 Å². The van der Waals surface area contributed by atoms with Gasteiger partial charge in [0.15, 0.2) is 12.6 Å². The quantitative estimate of drug-likeness (QED) is 0.138. The molecule has 0 amide bonds. The second kappa shape index (κ2) is 15.7. The van der Waals surface area contributed by atoms with E-state index in [2.05, 4.69) is 41.5 Å². The standard InChI is InChI=1S/C42H72O13/c1-21(25(45)13-15-38(2,3)55-37-35(51)33(49)31(47)27(20-44)53-37)22-11-17-42(8)24-9-10-28-39(4,5)29(14-16-40(28,6)23(24)12-18-41(22,42)7)54-36-34(50)32(48)30(46)26(19-43)52-36/h21-22,25-37,43-51H,9-20H2,1-8H3/t21-,22+,25?,26?,27?,28?,29-,30?,31?,32?,33?,34?,35?,36?,37?,40+,41+,42-/m0/s1. The first-order valence-corrected chi connectivity index (χ1v) is 20.9. The number of fused-ring (bicyclic) bond motifs is 4. The fourth-order valence-electron chi connectivity index (χ4n) is 12.7. The van der Waals surface area contributed by atoms with Crippen LogP contribution in [0.15, 0.2) is 11.1 Å². The van der Waals surface area contributed by atoms with Crippen LogP contribution in [0.5, 0.6) is 0 Å². The molecule has 0 spiro atoms. The molecule has 2 heterocycles. The number of aliphatic hydroxyl groups is 9. The van der Waals surface area contributed by atoms with E-state index in [-0.39, 0.29) is 33.7 Å². The van der Waals surface area contributed by atoms with Crippen LogP contribution in [0.3, 0.4) is 0 Å². The van der Waals surface area contributed by atoms with Gasteiger partial charge in [-0.05, 0) is 117 Å². The second-order valence-electron chi connectivity index (χ2n) is 20.1. The van der Waals surface area contributed by atoms with Crippen molar-refractivity contribution >= 4 is 0 Å². The van der Waals surface area contributed by atoms with Crippen molar-refractivity contribution < 1.29 is 64.9 Å². The largest absolute Gasteiger partial charge is 0.394 e. The molecule has 13 heteroatoms. The summed E-state index contributed by atoms with van der Waals surface area (Å²) in [5.41, 5.74) is 2.11. The zero-order chi connectivity index (χ0) is 40.6. The number of hydrogen-bond donors (Lipinski definition) is 9. The van der Waals surface area contributed by atoms with Gasteiger partial charge in [0.2, 0.25) is 0 Å². The normalized spacial score (nSPS) is 48.5. The lowest BCUT2D eigenvalue weighted by atomic mass is 9.43. The van der Waals surface area contributed by atoms with Gasteiger partial charge in [0.25, 0.3) is 0 Å². The Balaban J connectivity index is 1.12. The third kappa shape index (κ3) is 7.31. The van der Waals surface area contributed by atoms with Crippen molar-refractivity contribution in [3.8, 4) is 0 Å². The van der Waals surface area contributed by atoms with E-state index in [1.165, 1.54) is 0 Å². The molecule has 2 aliphatic heterocycles. The van der Waals surface area contributed by atoms with Gasteiger partial charge in [-0.3, -0.25) is 0 Å². The molecular weight excluding hydrogens is 712 g/mol. The molecule has 4 aliphatic carbocycles. The summed E-state index contributed by atoms with van der Waals surface area (Å²) in [6.07, 6.45) is -5.23. The van der Waals surface area contributed by atoms with Gasteiger partial charge in [-0.25, -0.2) is 0 Å². The lowest BCUT2D eigenvalue weighted by Crippen LogP contribution is -2.61. The summed E-state index contributed by atoms with van der Waals surface area (Å²) in [6.45, 7) is 16.7. The molecule has 318 valence electrons. The first-order valence-electron chi connectivity index (χ1n) is 20.9. The maximum atomic E-state index is 11.7. The van der Waals surface area contributed by atoms with E-state index >= 15 is 0 Å². The SMILES string of the molecule is C[C@H](C(O)CCC(C)(C)OC1OC(CO)C(O)C(O)C1O)[C@H]1CC[C@@]2(C)C3=C(CC[C@]12C)[C@@]1(C)CC[C@H](OC2OC(CO)C(O)C(O)C2O)C(C)(C)C1CC3. The summed E-state index contributed by atoms with van der Waals surface area (Å²) in [6, 6.07) is 0. The van der Waals surface area contributed by atoms with Gasteiger partial charge in [-0.15, -0.1) is 0 Å². The number of allylic oxidation sites excluding steroid dienone is 2. The summed E-state index contributed by atoms with van der Waals surface area (Å²) in [5.74, 6) is 0.681. The zero-order valence-electron chi connectivity index (χ0n) is 34.3. The number of rotatable bonds is 11. The topological polar surface area (TPSA) is 219 Å².